The van der Waals surface area contributed by atoms with Crippen LogP contribution < -0.4 is 10.6 Å². The molecule has 1 amide bonds. The Bertz CT molecular complexity index is 265. The molecular formula is C12H24N2O2S. The number of hydrogen-bond donors (Lipinski definition) is 2. The van der Waals surface area contributed by atoms with Crippen LogP contribution in [-0.2, 0) is 15.6 Å². The Morgan fingerprint density at radius 2 is 2.00 bits per heavy atom. The fourth-order valence-electron chi connectivity index (χ4n) is 2.08. The molecule has 0 heterocycles. The zero-order chi connectivity index (χ0) is 12.7. The molecule has 100 valence electrons. The zero-order valence-electron chi connectivity index (χ0n) is 10.8. The molecule has 1 aliphatic carbocycles. The van der Waals surface area contributed by atoms with Crippen molar-refractivity contribution in [2.24, 2.45) is 0 Å². The minimum absolute atomic E-state index is 0.0683. The van der Waals surface area contributed by atoms with Gasteiger partial charge in [0.25, 0.3) is 0 Å². The van der Waals surface area contributed by atoms with Crippen LogP contribution in [0.15, 0.2) is 0 Å². The number of carbonyl (C=O) groups excluding carboxylic acids is 1. The Balaban J connectivity index is 2.18. The largest absolute Gasteiger partial charge is 0.352 e. The van der Waals surface area contributed by atoms with Gasteiger partial charge in [-0.25, -0.2) is 0 Å². The summed E-state index contributed by atoms with van der Waals surface area (Å²) in [6, 6.07) is 0.168. The molecule has 0 saturated heterocycles. The van der Waals surface area contributed by atoms with Crippen molar-refractivity contribution in [3.63, 3.8) is 0 Å². The molecule has 0 radical (unpaired) electrons. The van der Waals surface area contributed by atoms with Gasteiger partial charge in [-0.1, -0.05) is 19.3 Å². The zero-order valence-corrected chi connectivity index (χ0v) is 11.6. The highest BCUT2D eigenvalue weighted by Crippen LogP contribution is 2.17. The second-order valence-electron chi connectivity index (χ2n) is 4.80. The molecule has 0 spiro atoms. The van der Waals surface area contributed by atoms with Gasteiger partial charge < -0.3 is 10.6 Å². The van der Waals surface area contributed by atoms with E-state index in [0.717, 1.165) is 12.8 Å². The van der Waals surface area contributed by atoms with E-state index in [4.69, 9.17) is 0 Å². The van der Waals surface area contributed by atoms with Crippen molar-refractivity contribution in [2.75, 3.05) is 18.6 Å². The monoisotopic (exact) mass is 260 g/mol. The van der Waals surface area contributed by atoms with Crippen LogP contribution in [0.3, 0.4) is 0 Å². The van der Waals surface area contributed by atoms with Crippen LogP contribution in [0.1, 0.15) is 39.0 Å². The molecule has 1 aliphatic rings. The third-order valence-electron chi connectivity index (χ3n) is 3.18. The fraction of sp³-hybridized carbons (Fsp3) is 0.917. The third kappa shape index (κ3) is 6.17. The Labute approximate surface area is 106 Å². The summed E-state index contributed by atoms with van der Waals surface area (Å²) in [5, 5.41) is 6.18. The van der Waals surface area contributed by atoms with E-state index in [9.17, 15) is 9.00 Å². The first-order valence-corrected chi connectivity index (χ1v) is 8.16. The van der Waals surface area contributed by atoms with Crippen molar-refractivity contribution in [1.82, 2.24) is 10.6 Å². The third-order valence-corrected chi connectivity index (χ3v) is 3.96. The number of rotatable bonds is 6. The Hall–Kier alpha value is -0.420. The van der Waals surface area contributed by atoms with Crippen molar-refractivity contribution in [3.8, 4) is 0 Å². The first-order valence-electron chi connectivity index (χ1n) is 6.43. The standard InChI is InChI=1S/C12H24N2O2S/c1-10(13-8-9-17(2)16)12(15)14-11-6-4-3-5-7-11/h10-11,13H,3-9H2,1-2H3,(H,14,15). The topological polar surface area (TPSA) is 58.2 Å². The molecule has 4 nitrogen and oxygen atoms in total. The lowest BCUT2D eigenvalue weighted by molar-refractivity contribution is -0.123. The summed E-state index contributed by atoms with van der Waals surface area (Å²) in [5.74, 6) is 0.667. The Kier molecular flexibility index (Phi) is 6.73. The van der Waals surface area contributed by atoms with Crippen molar-refractivity contribution >= 4 is 16.7 Å². The second-order valence-corrected chi connectivity index (χ2v) is 6.35. The number of amides is 1. The van der Waals surface area contributed by atoms with Gasteiger partial charge >= 0.3 is 0 Å². The maximum absolute atomic E-state index is 11.8. The number of hydrogen-bond acceptors (Lipinski definition) is 3. The molecule has 2 N–H and O–H groups in total. The van der Waals surface area contributed by atoms with Gasteiger partial charge in [0.2, 0.25) is 5.91 Å². The van der Waals surface area contributed by atoms with E-state index in [1.807, 2.05) is 6.92 Å². The number of carbonyl (C=O) groups is 1. The van der Waals surface area contributed by atoms with Crippen molar-refractivity contribution in [1.29, 1.82) is 0 Å². The molecule has 0 aromatic heterocycles. The molecule has 0 aliphatic heterocycles. The van der Waals surface area contributed by atoms with Crippen LogP contribution in [0.5, 0.6) is 0 Å². The first-order chi connectivity index (χ1) is 8.09. The van der Waals surface area contributed by atoms with E-state index in [1.165, 1.54) is 19.3 Å². The maximum Gasteiger partial charge on any atom is 0.237 e. The van der Waals surface area contributed by atoms with Crippen molar-refractivity contribution < 1.29 is 9.00 Å². The van der Waals surface area contributed by atoms with Crippen molar-refractivity contribution in [2.45, 2.75) is 51.1 Å². The van der Waals surface area contributed by atoms with Gasteiger partial charge in [0.15, 0.2) is 0 Å². The minimum atomic E-state index is -0.796. The highest BCUT2D eigenvalue weighted by atomic mass is 32.2. The average Bonchev–Trinajstić information content (AvgIpc) is 2.29. The molecule has 0 aromatic carbocycles. The van der Waals surface area contributed by atoms with Crippen LogP contribution >= 0.6 is 0 Å². The molecule has 0 aromatic rings. The Morgan fingerprint density at radius 1 is 1.35 bits per heavy atom. The van der Waals surface area contributed by atoms with Crippen LogP contribution in [-0.4, -0.2) is 40.8 Å². The molecule has 17 heavy (non-hydrogen) atoms. The normalized spacial score (nSPS) is 20.8. The lowest BCUT2D eigenvalue weighted by Gasteiger charge is -2.24. The average molecular weight is 260 g/mol. The maximum atomic E-state index is 11.8. The lowest BCUT2D eigenvalue weighted by atomic mass is 9.95. The minimum Gasteiger partial charge on any atom is -0.352 e. The van der Waals surface area contributed by atoms with Crippen LogP contribution in [0.25, 0.3) is 0 Å². The lowest BCUT2D eigenvalue weighted by Crippen LogP contribution is -2.47. The highest BCUT2D eigenvalue weighted by Gasteiger charge is 2.18. The summed E-state index contributed by atoms with van der Waals surface area (Å²) in [7, 11) is -0.796. The quantitative estimate of drug-likeness (QED) is 0.742. The van der Waals surface area contributed by atoms with E-state index in [-0.39, 0.29) is 11.9 Å². The smallest absolute Gasteiger partial charge is 0.237 e. The van der Waals surface area contributed by atoms with E-state index in [1.54, 1.807) is 6.26 Å². The van der Waals surface area contributed by atoms with Crippen LogP contribution in [0.4, 0.5) is 0 Å². The second kappa shape index (κ2) is 7.82. The molecular weight excluding hydrogens is 236 g/mol. The van der Waals surface area contributed by atoms with E-state index in [2.05, 4.69) is 10.6 Å². The summed E-state index contributed by atoms with van der Waals surface area (Å²) in [6.07, 6.45) is 7.63. The molecule has 2 atom stereocenters. The first kappa shape index (κ1) is 14.6. The predicted molar refractivity (Wildman–Crippen MR) is 71.4 cm³/mol. The van der Waals surface area contributed by atoms with E-state index >= 15 is 0 Å². The molecule has 1 fully saturated rings. The van der Waals surface area contributed by atoms with Gasteiger partial charge in [-0.3, -0.25) is 9.00 Å². The molecule has 0 bridgehead atoms. The summed E-state index contributed by atoms with van der Waals surface area (Å²) in [6.45, 7) is 2.49. The summed E-state index contributed by atoms with van der Waals surface area (Å²) < 4.78 is 10.9. The van der Waals surface area contributed by atoms with Gasteiger partial charge in [-0.2, -0.15) is 0 Å². The predicted octanol–water partition coefficient (Wildman–Crippen LogP) is 0.792. The Morgan fingerprint density at radius 3 is 2.59 bits per heavy atom. The molecule has 1 rings (SSSR count). The van der Waals surface area contributed by atoms with Crippen LogP contribution in [0, 0.1) is 0 Å². The van der Waals surface area contributed by atoms with Gasteiger partial charge in [-0.15, -0.1) is 0 Å². The van der Waals surface area contributed by atoms with Gasteiger partial charge in [0.05, 0.1) is 6.04 Å². The molecule has 2 unspecified atom stereocenters. The fourth-order valence-corrected chi connectivity index (χ4v) is 2.49. The van der Waals surface area contributed by atoms with E-state index < -0.39 is 10.8 Å². The van der Waals surface area contributed by atoms with Gasteiger partial charge in [0, 0.05) is 35.4 Å². The summed E-state index contributed by atoms with van der Waals surface area (Å²) in [5.41, 5.74) is 0. The molecule has 1 saturated carbocycles. The summed E-state index contributed by atoms with van der Waals surface area (Å²) >= 11 is 0. The van der Waals surface area contributed by atoms with Crippen molar-refractivity contribution in [3.05, 3.63) is 0 Å². The van der Waals surface area contributed by atoms with Gasteiger partial charge in [-0.05, 0) is 19.8 Å². The summed E-state index contributed by atoms with van der Waals surface area (Å²) in [4.78, 5) is 11.8. The SMILES string of the molecule is CC(NCCS(C)=O)C(=O)NC1CCCCC1. The van der Waals surface area contributed by atoms with Crippen LogP contribution in [0.2, 0.25) is 0 Å². The molecule has 5 heteroatoms. The van der Waals surface area contributed by atoms with Gasteiger partial charge in [0.1, 0.15) is 0 Å². The number of nitrogens with one attached hydrogen (secondary N) is 2. The van der Waals surface area contributed by atoms with E-state index in [0.29, 0.717) is 18.3 Å². The highest BCUT2D eigenvalue weighted by molar-refractivity contribution is 7.84.